The van der Waals surface area contributed by atoms with Crippen molar-refractivity contribution in [1.82, 2.24) is 14.8 Å². The number of rotatable bonds is 6. The lowest BCUT2D eigenvalue weighted by atomic mass is 10.1. The van der Waals surface area contributed by atoms with Crippen LogP contribution >= 0.6 is 0 Å². The molecule has 116 valence electrons. The maximum Gasteiger partial charge on any atom is 0.342 e. The number of aromatic nitrogens is 3. The predicted octanol–water partition coefficient (Wildman–Crippen LogP) is 2.30. The van der Waals surface area contributed by atoms with Crippen LogP contribution in [0, 0.1) is 19.3 Å². The number of carbonyl (C=O) groups excluding carboxylic acids is 1. The largest absolute Gasteiger partial charge is 0.462 e. The lowest BCUT2D eigenvalue weighted by Gasteiger charge is -2.10. The van der Waals surface area contributed by atoms with E-state index in [0.717, 1.165) is 25.8 Å². The van der Waals surface area contributed by atoms with Crippen LogP contribution in [0.3, 0.4) is 0 Å². The van der Waals surface area contributed by atoms with Crippen molar-refractivity contribution >= 4 is 22.7 Å². The highest BCUT2D eigenvalue weighted by Crippen LogP contribution is 2.26. The van der Waals surface area contributed by atoms with Crippen molar-refractivity contribution in [3.8, 4) is 12.3 Å². The summed E-state index contributed by atoms with van der Waals surface area (Å²) in [5.41, 5.74) is 8.05. The average Bonchev–Trinajstić information content (AvgIpc) is 2.87. The van der Waals surface area contributed by atoms with E-state index in [1.807, 2.05) is 0 Å². The second-order valence-electron chi connectivity index (χ2n) is 4.97. The van der Waals surface area contributed by atoms with E-state index < -0.39 is 5.97 Å². The quantitative estimate of drug-likeness (QED) is 0.503. The standard InChI is InChI=1S/C16H20N4O2/c1-4-6-7-8-9-20-15-12(10-18-20)14(17)13(11(3)19-15)16(21)22-5-2/h1,10H,5-9H2,2-3H3,(H2,17,19). The number of nitrogen functional groups attached to an aromatic ring is 1. The number of aryl methyl sites for hydroxylation is 2. The number of hydrogen-bond donors (Lipinski definition) is 1. The maximum atomic E-state index is 12.0. The summed E-state index contributed by atoms with van der Waals surface area (Å²) in [5, 5.41) is 4.98. The molecule has 0 aliphatic rings. The van der Waals surface area contributed by atoms with E-state index in [4.69, 9.17) is 16.9 Å². The van der Waals surface area contributed by atoms with E-state index in [1.54, 1.807) is 24.7 Å². The first-order chi connectivity index (χ1) is 10.6. The van der Waals surface area contributed by atoms with Crippen LogP contribution in [-0.2, 0) is 11.3 Å². The SMILES string of the molecule is C#CCCCCn1ncc2c(N)c(C(=O)OCC)c(C)nc21. The van der Waals surface area contributed by atoms with Gasteiger partial charge >= 0.3 is 5.97 Å². The Balaban J connectivity index is 2.34. The highest BCUT2D eigenvalue weighted by molar-refractivity contribution is 6.04. The Hall–Kier alpha value is -2.55. The Morgan fingerprint density at radius 3 is 2.95 bits per heavy atom. The summed E-state index contributed by atoms with van der Waals surface area (Å²) >= 11 is 0. The molecule has 0 saturated carbocycles. The van der Waals surface area contributed by atoms with Gasteiger partial charge in [-0.25, -0.2) is 14.5 Å². The monoisotopic (exact) mass is 300 g/mol. The fourth-order valence-electron chi connectivity index (χ4n) is 2.34. The first kappa shape index (κ1) is 15.8. The number of esters is 1. The van der Waals surface area contributed by atoms with Crippen LogP contribution in [0.2, 0.25) is 0 Å². The van der Waals surface area contributed by atoms with Gasteiger partial charge in [-0.3, -0.25) is 0 Å². The van der Waals surface area contributed by atoms with Gasteiger partial charge < -0.3 is 10.5 Å². The minimum absolute atomic E-state index is 0.296. The number of ether oxygens (including phenoxy) is 1. The van der Waals surface area contributed by atoms with Crippen molar-refractivity contribution in [3.05, 3.63) is 17.5 Å². The topological polar surface area (TPSA) is 83.0 Å². The Kier molecular flexibility index (Phi) is 4.99. The van der Waals surface area contributed by atoms with E-state index >= 15 is 0 Å². The van der Waals surface area contributed by atoms with Gasteiger partial charge in [-0.05, 0) is 26.7 Å². The molecule has 2 rings (SSSR count). The average molecular weight is 300 g/mol. The molecule has 6 nitrogen and oxygen atoms in total. The zero-order valence-electron chi connectivity index (χ0n) is 12.9. The third kappa shape index (κ3) is 3.03. The second kappa shape index (κ2) is 6.94. The number of nitrogens with zero attached hydrogens (tertiary/aromatic N) is 3. The lowest BCUT2D eigenvalue weighted by molar-refractivity contribution is 0.0526. The molecule has 0 amide bonds. The molecule has 0 atom stereocenters. The minimum Gasteiger partial charge on any atom is -0.462 e. The summed E-state index contributed by atoms with van der Waals surface area (Å²) in [4.78, 5) is 16.5. The van der Waals surface area contributed by atoms with Crippen molar-refractivity contribution in [2.75, 3.05) is 12.3 Å². The van der Waals surface area contributed by atoms with Gasteiger partial charge in [-0.15, -0.1) is 12.3 Å². The molecule has 0 aliphatic carbocycles. The zero-order chi connectivity index (χ0) is 16.1. The molecule has 6 heteroatoms. The normalized spacial score (nSPS) is 10.6. The van der Waals surface area contributed by atoms with Crippen LogP contribution in [0.5, 0.6) is 0 Å². The van der Waals surface area contributed by atoms with Gasteiger partial charge in [0.15, 0.2) is 5.65 Å². The molecule has 2 N–H and O–H groups in total. The molecule has 0 unspecified atom stereocenters. The summed E-state index contributed by atoms with van der Waals surface area (Å²) in [6.45, 7) is 4.52. The van der Waals surface area contributed by atoms with Crippen molar-refractivity contribution in [2.45, 2.75) is 39.7 Å². The fraction of sp³-hybridized carbons (Fsp3) is 0.438. The summed E-state index contributed by atoms with van der Waals surface area (Å²) < 4.78 is 6.83. The van der Waals surface area contributed by atoms with Crippen molar-refractivity contribution in [2.24, 2.45) is 0 Å². The van der Waals surface area contributed by atoms with E-state index in [-0.39, 0.29) is 0 Å². The Bertz CT molecular complexity index is 728. The first-order valence-electron chi connectivity index (χ1n) is 7.32. The summed E-state index contributed by atoms with van der Waals surface area (Å²) in [6, 6.07) is 0. The number of carbonyl (C=O) groups is 1. The molecule has 0 saturated heterocycles. The third-order valence-electron chi connectivity index (χ3n) is 3.43. The number of unbranched alkanes of at least 4 members (excludes halogenated alkanes) is 2. The molecule has 0 fully saturated rings. The van der Waals surface area contributed by atoms with Crippen LogP contribution in [0.1, 0.15) is 42.2 Å². The van der Waals surface area contributed by atoms with E-state index in [0.29, 0.717) is 34.6 Å². The van der Waals surface area contributed by atoms with Gasteiger partial charge in [-0.1, -0.05) is 0 Å². The molecule has 2 heterocycles. The molecular formula is C16H20N4O2. The lowest BCUT2D eigenvalue weighted by Crippen LogP contribution is -2.12. The van der Waals surface area contributed by atoms with Crippen LogP contribution < -0.4 is 5.73 Å². The van der Waals surface area contributed by atoms with Gasteiger partial charge in [0.05, 0.1) is 29.6 Å². The number of pyridine rings is 1. The number of nitrogens with two attached hydrogens (primary N) is 1. The molecule has 0 radical (unpaired) electrons. The zero-order valence-corrected chi connectivity index (χ0v) is 12.9. The number of terminal acetylenes is 1. The molecule has 2 aromatic heterocycles. The van der Waals surface area contributed by atoms with Crippen LogP contribution in [0.25, 0.3) is 11.0 Å². The Labute approximate surface area is 129 Å². The van der Waals surface area contributed by atoms with Gasteiger partial charge in [0.1, 0.15) is 5.56 Å². The van der Waals surface area contributed by atoms with Crippen molar-refractivity contribution in [1.29, 1.82) is 0 Å². The number of anilines is 1. The molecular weight excluding hydrogens is 280 g/mol. The molecule has 0 aromatic carbocycles. The summed E-state index contributed by atoms with van der Waals surface area (Å²) in [7, 11) is 0. The maximum absolute atomic E-state index is 12.0. The minimum atomic E-state index is -0.450. The van der Waals surface area contributed by atoms with Crippen LogP contribution in [0.4, 0.5) is 5.69 Å². The van der Waals surface area contributed by atoms with E-state index in [2.05, 4.69) is 16.0 Å². The van der Waals surface area contributed by atoms with E-state index in [1.165, 1.54) is 0 Å². The fourth-order valence-corrected chi connectivity index (χ4v) is 2.34. The summed E-state index contributed by atoms with van der Waals surface area (Å²) in [6.07, 6.45) is 9.49. The van der Waals surface area contributed by atoms with Gasteiger partial charge in [0, 0.05) is 13.0 Å². The highest BCUT2D eigenvalue weighted by atomic mass is 16.5. The van der Waals surface area contributed by atoms with Crippen LogP contribution in [0.15, 0.2) is 6.20 Å². The molecule has 0 aliphatic heterocycles. The molecule has 2 aromatic rings. The molecule has 0 bridgehead atoms. The second-order valence-corrected chi connectivity index (χ2v) is 4.97. The number of hydrogen-bond acceptors (Lipinski definition) is 5. The Morgan fingerprint density at radius 1 is 1.50 bits per heavy atom. The smallest absolute Gasteiger partial charge is 0.342 e. The number of fused-ring (bicyclic) bond motifs is 1. The van der Waals surface area contributed by atoms with Crippen molar-refractivity contribution < 1.29 is 9.53 Å². The van der Waals surface area contributed by atoms with Crippen molar-refractivity contribution in [3.63, 3.8) is 0 Å². The van der Waals surface area contributed by atoms with Gasteiger partial charge in [-0.2, -0.15) is 5.10 Å². The highest BCUT2D eigenvalue weighted by Gasteiger charge is 2.20. The van der Waals surface area contributed by atoms with Gasteiger partial charge in [0.2, 0.25) is 0 Å². The summed E-state index contributed by atoms with van der Waals surface area (Å²) in [5.74, 6) is 2.17. The van der Waals surface area contributed by atoms with E-state index in [9.17, 15) is 4.79 Å². The molecule has 0 spiro atoms. The van der Waals surface area contributed by atoms with Gasteiger partial charge in [0.25, 0.3) is 0 Å². The first-order valence-corrected chi connectivity index (χ1v) is 7.32. The Morgan fingerprint density at radius 2 is 2.27 bits per heavy atom. The predicted molar refractivity (Wildman–Crippen MR) is 85.3 cm³/mol. The molecule has 22 heavy (non-hydrogen) atoms. The van der Waals surface area contributed by atoms with Crippen LogP contribution in [-0.4, -0.2) is 27.3 Å². The third-order valence-corrected chi connectivity index (χ3v) is 3.43.